The van der Waals surface area contributed by atoms with Crippen molar-refractivity contribution in [3.05, 3.63) is 29.8 Å². The van der Waals surface area contributed by atoms with E-state index in [0.29, 0.717) is 12.5 Å². The van der Waals surface area contributed by atoms with Crippen molar-refractivity contribution in [3.63, 3.8) is 0 Å². The van der Waals surface area contributed by atoms with Crippen molar-refractivity contribution in [2.24, 2.45) is 5.92 Å². The normalized spacial score (nSPS) is 12.1. The van der Waals surface area contributed by atoms with Crippen molar-refractivity contribution in [2.75, 3.05) is 14.2 Å². The summed E-state index contributed by atoms with van der Waals surface area (Å²) in [6, 6.07) is 7.86. The molecular weight excluding hydrogens is 240 g/mol. The van der Waals surface area contributed by atoms with Gasteiger partial charge in [0.05, 0.1) is 7.11 Å². The topological polar surface area (TPSA) is 41.6 Å². The zero-order valence-corrected chi connectivity index (χ0v) is 12.4. The molecule has 0 spiro atoms. The van der Waals surface area contributed by atoms with E-state index in [2.05, 4.69) is 19.2 Å². The van der Waals surface area contributed by atoms with Crippen LogP contribution in [0.1, 0.15) is 26.3 Å². The minimum Gasteiger partial charge on any atom is -0.497 e. The number of carbonyl (C=O) groups excluding carboxylic acids is 1. The summed E-state index contributed by atoms with van der Waals surface area (Å²) in [5.41, 5.74) is 1.05. The van der Waals surface area contributed by atoms with Gasteiger partial charge in [0.25, 0.3) is 0 Å². The summed E-state index contributed by atoms with van der Waals surface area (Å²) in [6.07, 6.45) is 0. The fourth-order valence-electron chi connectivity index (χ4n) is 1.59. The first-order chi connectivity index (χ1) is 8.93. The molecular formula is C15H24N2O2. The molecule has 0 aliphatic heterocycles. The standard InChI is InChI=1S/C15H24N2O2/c1-11(2)12(3)16-15(18)17(4)10-13-7-6-8-14(9-13)19-5/h6-9,11-12H,10H2,1-5H3,(H,16,18). The Hall–Kier alpha value is -1.71. The Labute approximate surface area is 115 Å². The predicted octanol–water partition coefficient (Wildman–Crippen LogP) is 2.88. The van der Waals surface area contributed by atoms with Crippen molar-refractivity contribution in [1.82, 2.24) is 10.2 Å². The van der Waals surface area contributed by atoms with Gasteiger partial charge in [-0.15, -0.1) is 0 Å². The monoisotopic (exact) mass is 264 g/mol. The van der Waals surface area contributed by atoms with E-state index in [1.165, 1.54) is 0 Å². The Morgan fingerprint density at radius 2 is 2.05 bits per heavy atom. The highest BCUT2D eigenvalue weighted by Gasteiger charge is 2.14. The van der Waals surface area contributed by atoms with Crippen LogP contribution in [0.25, 0.3) is 0 Å². The van der Waals surface area contributed by atoms with E-state index < -0.39 is 0 Å². The first-order valence-corrected chi connectivity index (χ1v) is 6.58. The summed E-state index contributed by atoms with van der Waals surface area (Å²) >= 11 is 0. The molecule has 2 amide bonds. The van der Waals surface area contributed by atoms with Gasteiger partial charge in [-0.2, -0.15) is 0 Å². The maximum atomic E-state index is 12.0. The van der Waals surface area contributed by atoms with Crippen LogP contribution < -0.4 is 10.1 Å². The second kappa shape index (κ2) is 7.02. The molecule has 19 heavy (non-hydrogen) atoms. The van der Waals surface area contributed by atoms with Crippen molar-refractivity contribution in [3.8, 4) is 5.75 Å². The lowest BCUT2D eigenvalue weighted by Crippen LogP contribution is -2.43. The van der Waals surface area contributed by atoms with Gasteiger partial charge in [0.15, 0.2) is 0 Å². The quantitative estimate of drug-likeness (QED) is 0.888. The molecule has 0 radical (unpaired) electrons. The van der Waals surface area contributed by atoms with Gasteiger partial charge in [-0.1, -0.05) is 26.0 Å². The highest BCUT2D eigenvalue weighted by Crippen LogP contribution is 2.14. The van der Waals surface area contributed by atoms with Crippen molar-refractivity contribution in [2.45, 2.75) is 33.4 Å². The summed E-state index contributed by atoms with van der Waals surface area (Å²) in [5.74, 6) is 1.23. The van der Waals surface area contributed by atoms with Crippen LogP contribution >= 0.6 is 0 Å². The van der Waals surface area contributed by atoms with Gasteiger partial charge in [-0.25, -0.2) is 4.79 Å². The second-order valence-electron chi connectivity index (χ2n) is 5.19. The number of benzene rings is 1. The molecule has 1 aromatic carbocycles. The molecule has 0 aliphatic rings. The Balaban J connectivity index is 2.58. The Kier molecular flexibility index (Phi) is 5.67. The van der Waals surface area contributed by atoms with Crippen LogP contribution in [0.5, 0.6) is 5.75 Å². The number of nitrogens with zero attached hydrogens (tertiary/aromatic N) is 1. The van der Waals surface area contributed by atoms with Crippen LogP contribution in [-0.2, 0) is 6.54 Å². The van der Waals surface area contributed by atoms with Crippen molar-refractivity contribution in [1.29, 1.82) is 0 Å². The molecule has 106 valence electrons. The molecule has 1 rings (SSSR count). The van der Waals surface area contributed by atoms with E-state index in [-0.39, 0.29) is 12.1 Å². The van der Waals surface area contributed by atoms with Crippen LogP contribution in [-0.4, -0.2) is 31.1 Å². The third-order valence-corrected chi connectivity index (χ3v) is 3.25. The third-order valence-electron chi connectivity index (χ3n) is 3.25. The van der Waals surface area contributed by atoms with E-state index in [0.717, 1.165) is 11.3 Å². The first kappa shape index (κ1) is 15.3. The molecule has 1 unspecified atom stereocenters. The minimum absolute atomic E-state index is 0.0518. The number of carbonyl (C=O) groups is 1. The molecule has 0 heterocycles. The van der Waals surface area contributed by atoms with Gasteiger partial charge in [-0.05, 0) is 30.5 Å². The lowest BCUT2D eigenvalue weighted by molar-refractivity contribution is 0.200. The van der Waals surface area contributed by atoms with Crippen molar-refractivity contribution < 1.29 is 9.53 Å². The smallest absolute Gasteiger partial charge is 0.317 e. The fraction of sp³-hybridized carbons (Fsp3) is 0.533. The van der Waals surface area contributed by atoms with E-state index >= 15 is 0 Å². The van der Waals surface area contributed by atoms with Gasteiger partial charge in [0.2, 0.25) is 0 Å². The molecule has 0 fully saturated rings. The second-order valence-corrected chi connectivity index (χ2v) is 5.19. The molecule has 0 aromatic heterocycles. The molecule has 1 aromatic rings. The first-order valence-electron chi connectivity index (χ1n) is 6.58. The predicted molar refractivity (Wildman–Crippen MR) is 77.3 cm³/mol. The van der Waals surface area contributed by atoms with Crippen LogP contribution in [0.3, 0.4) is 0 Å². The molecule has 4 nitrogen and oxygen atoms in total. The Bertz CT molecular complexity index is 418. The number of nitrogens with one attached hydrogen (secondary N) is 1. The van der Waals surface area contributed by atoms with E-state index in [4.69, 9.17) is 4.74 Å². The molecule has 0 aliphatic carbocycles. The van der Waals surface area contributed by atoms with E-state index in [1.54, 1.807) is 19.1 Å². The molecule has 0 bridgehead atoms. The average molecular weight is 264 g/mol. The molecule has 0 saturated carbocycles. The largest absolute Gasteiger partial charge is 0.497 e. The van der Waals surface area contributed by atoms with Crippen LogP contribution in [0.15, 0.2) is 24.3 Å². The molecule has 4 heteroatoms. The number of ether oxygens (including phenoxy) is 1. The van der Waals surface area contributed by atoms with E-state index in [9.17, 15) is 4.79 Å². The van der Waals surface area contributed by atoms with Crippen molar-refractivity contribution >= 4 is 6.03 Å². The van der Waals surface area contributed by atoms with Crippen LogP contribution in [0, 0.1) is 5.92 Å². The van der Waals surface area contributed by atoms with E-state index in [1.807, 2.05) is 31.2 Å². The van der Waals surface area contributed by atoms with Crippen LogP contribution in [0.2, 0.25) is 0 Å². The Morgan fingerprint density at radius 3 is 2.63 bits per heavy atom. The zero-order chi connectivity index (χ0) is 14.4. The fourth-order valence-corrected chi connectivity index (χ4v) is 1.59. The molecule has 1 atom stereocenters. The zero-order valence-electron chi connectivity index (χ0n) is 12.4. The highest BCUT2D eigenvalue weighted by molar-refractivity contribution is 5.74. The van der Waals surface area contributed by atoms with Gasteiger partial charge in [0, 0.05) is 19.6 Å². The Morgan fingerprint density at radius 1 is 1.37 bits per heavy atom. The summed E-state index contributed by atoms with van der Waals surface area (Å²) in [6.45, 7) is 6.76. The number of rotatable bonds is 5. The summed E-state index contributed by atoms with van der Waals surface area (Å²) in [4.78, 5) is 13.7. The SMILES string of the molecule is COc1cccc(CN(C)C(=O)NC(C)C(C)C)c1. The lowest BCUT2D eigenvalue weighted by atomic mass is 10.1. The maximum absolute atomic E-state index is 12.0. The van der Waals surface area contributed by atoms with Gasteiger partial charge in [-0.3, -0.25) is 0 Å². The average Bonchev–Trinajstić information content (AvgIpc) is 2.38. The maximum Gasteiger partial charge on any atom is 0.317 e. The lowest BCUT2D eigenvalue weighted by Gasteiger charge is -2.23. The number of urea groups is 1. The van der Waals surface area contributed by atoms with Crippen LogP contribution in [0.4, 0.5) is 4.79 Å². The summed E-state index contributed by atoms with van der Waals surface area (Å²) in [5, 5.41) is 2.98. The van der Waals surface area contributed by atoms with Gasteiger partial charge >= 0.3 is 6.03 Å². The highest BCUT2D eigenvalue weighted by atomic mass is 16.5. The number of amides is 2. The summed E-state index contributed by atoms with van der Waals surface area (Å²) in [7, 11) is 3.43. The third kappa shape index (κ3) is 4.81. The summed E-state index contributed by atoms with van der Waals surface area (Å²) < 4.78 is 5.17. The number of hydrogen-bond acceptors (Lipinski definition) is 2. The molecule has 0 saturated heterocycles. The number of hydrogen-bond donors (Lipinski definition) is 1. The van der Waals surface area contributed by atoms with Gasteiger partial charge < -0.3 is 15.0 Å². The number of methoxy groups -OCH3 is 1. The minimum atomic E-state index is -0.0518. The van der Waals surface area contributed by atoms with Gasteiger partial charge in [0.1, 0.15) is 5.75 Å². The molecule has 1 N–H and O–H groups in total.